The molecule has 0 spiro atoms. The van der Waals surface area contributed by atoms with Gasteiger partial charge in [0.2, 0.25) is 15.0 Å². The molecule has 0 saturated carbocycles. The molecule has 0 radical (unpaired) electrons. The molecular weight excluding hydrogens is 504 g/mol. The van der Waals surface area contributed by atoms with Gasteiger partial charge in [-0.05, 0) is 62.5 Å². The van der Waals surface area contributed by atoms with Gasteiger partial charge in [0.05, 0.1) is 36.8 Å². The Bertz CT molecular complexity index is 1300. The van der Waals surface area contributed by atoms with Crippen molar-refractivity contribution >= 4 is 27.2 Å². The Morgan fingerprint density at radius 2 is 1.92 bits per heavy atom. The number of thiocarbonyl (C=S) groups is 1. The number of sulfone groups is 1. The summed E-state index contributed by atoms with van der Waals surface area (Å²) in [4.78, 5) is 6.54. The molecule has 1 aromatic heterocycles. The van der Waals surface area contributed by atoms with Crippen molar-refractivity contribution in [1.29, 1.82) is 0 Å². The second-order valence-corrected chi connectivity index (χ2v) is 12.2. The second-order valence-electron chi connectivity index (χ2n) is 9.91. The third kappa shape index (κ3) is 7.18. The van der Waals surface area contributed by atoms with Crippen molar-refractivity contribution < 1.29 is 13.2 Å². The average Bonchev–Trinajstić information content (AvgIpc) is 3.51. The fraction of sp³-hybridized carbons (Fsp3) is 0.429. The van der Waals surface area contributed by atoms with Gasteiger partial charge in [0, 0.05) is 19.2 Å². The topological polar surface area (TPSA) is 76.5 Å². The molecule has 0 bridgehead atoms. The van der Waals surface area contributed by atoms with Crippen molar-refractivity contribution in [3.63, 3.8) is 0 Å². The second kappa shape index (κ2) is 12.2. The number of hydrogen-bond donors (Lipinski definition) is 1. The van der Waals surface area contributed by atoms with Crippen molar-refractivity contribution in [2.75, 3.05) is 13.2 Å². The average molecular weight is 541 g/mol. The van der Waals surface area contributed by atoms with E-state index >= 15 is 0 Å². The van der Waals surface area contributed by atoms with E-state index in [4.69, 9.17) is 17.0 Å². The Labute approximate surface area is 225 Å². The third-order valence-corrected chi connectivity index (χ3v) is 8.42. The van der Waals surface area contributed by atoms with Crippen LogP contribution < -0.4 is 5.32 Å². The normalized spacial score (nSPS) is 15.7. The lowest BCUT2D eigenvalue weighted by Gasteiger charge is -2.29. The standard InChI is InChI=1S/C28H36N4O3S2/c1-21(2)30-27(36)31(19-26-14-9-15-35-26)18-25-16-29-28(32(25)17-23-11-5-4-6-12-23)37(33,34)20-24-13-8-7-10-22(24)3/h4-8,10-13,16,21,26H,9,14-15,17-20H2,1-3H3,(H,30,36)/t26-/m1/s1. The summed E-state index contributed by atoms with van der Waals surface area (Å²) in [5, 5.41) is 4.04. The molecule has 7 nitrogen and oxygen atoms in total. The zero-order chi connectivity index (χ0) is 26.4. The summed E-state index contributed by atoms with van der Waals surface area (Å²) in [6.45, 7) is 8.25. The van der Waals surface area contributed by atoms with Crippen LogP contribution in [0.2, 0.25) is 0 Å². The first-order chi connectivity index (χ1) is 17.7. The first-order valence-corrected chi connectivity index (χ1v) is 14.8. The lowest BCUT2D eigenvalue weighted by atomic mass is 10.1. The van der Waals surface area contributed by atoms with Gasteiger partial charge < -0.3 is 19.5 Å². The van der Waals surface area contributed by atoms with Crippen molar-refractivity contribution in [1.82, 2.24) is 19.8 Å². The Morgan fingerprint density at radius 1 is 1.19 bits per heavy atom. The van der Waals surface area contributed by atoms with Crippen molar-refractivity contribution in [3.05, 3.63) is 83.2 Å². The van der Waals surface area contributed by atoms with Gasteiger partial charge in [-0.3, -0.25) is 0 Å². The zero-order valence-electron chi connectivity index (χ0n) is 21.8. The molecule has 2 aromatic carbocycles. The number of aromatic nitrogens is 2. The Hall–Kier alpha value is -2.75. The Kier molecular flexibility index (Phi) is 9.00. The molecule has 9 heteroatoms. The number of ether oxygens (including phenoxy) is 1. The monoisotopic (exact) mass is 540 g/mol. The van der Waals surface area contributed by atoms with E-state index in [1.165, 1.54) is 0 Å². The fourth-order valence-electron chi connectivity index (χ4n) is 4.53. The van der Waals surface area contributed by atoms with E-state index in [-0.39, 0.29) is 23.1 Å². The molecule has 4 rings (SSSR count). The van der Waals surface area contributed by atoms with Crippen molar-refractivity contribution in [2.24, 2.45) is 0 Å². The number of nitrogens with zero attached hydrogens (tertiary/aromatic N) is 3. The quantitative estimate of drug-likeness (QED) is 0.380. The molecule has 3 aromatic rings. The SMILES string of the molecule is Cc1ccccc1CS(=O)(=O)c1ncc(CN(C[C@H]2CCCO2)C(=S)NC(C)C)n1Cc1ccccc1. The highest BCUT2D eigenvalue weighted by Crippen LogP contribution is 2.23. The lowest BCUT2D eigenvalue weighted by molar-refractivity contribution is 0.0891. The van der Waals surface area contributed by atoms with Gasteiger partial charge in [0.15, 0.2) is 5.11 Å². The van der Waals surface area contributed by atoms with Crippen LogP contribution in [0.15, 0.2) is 66.0 Å². The summed E-state index contributed by atoms with van der Waals surface area (Å²) < 4.78 is 35.0. The molecule has 1 aliphatic rings. The van der Waals surface area contributed by atoms with Crippen LogP contribution in [-0.4, -0.2) is 53.3 Å². The molecule has 37 heavy (non-hydrogen) atoms. The van der Waals surface area contributed by atoms with Crippen LogP contribution in [-0.2, 0) is 33.4 Å². The molecular formula is C28H36N4O3S2. The van der Waals surface area contributed by atoms with Crippen LogP contribution in [0.1, 0.15) is 49.1 Å². The van der Waals surface area contributed by atoms with Gasteiger partial charge in [0.25, 0.3) is 0 Å². The summed E-state index contributed by atoms with van der Waals surface area (Å²) in [5.41, 5.74) is 3.52. The molecule has 1 N–H and O–H groups in total. The Balaban J connectivity index is 1.69. The van der Waals surface area contributed by atoms with E-state index in [0.717, 1.165) is 41.8 Å². The van der Waals surface area contributed by atoms with E-state index in [2.05, 4.69) is 15.2 Å². The van der Waals surface area contributed by atoms with Crippen LogP contribution in [0, 0.1) is 6.92 Å². The minimum atomic E-state index is -3.70. The maximum Gasteiger partial charge on any atom is 0.228 e. The largest absolute Gasteiger partial charge is 0.376 e. The minimum Gasteiger partial charge on any atom is -0.376 e. The molecule has 0 amide bonds. The number of benzene rings is 2. The lowest BCUT2D eigenvalue weighted by Crippen LogP contribution is -2.45. The summed E-state index contributed by atoms with van der Waals surface area (Å²) >= 11 is 5.75. The molecule has 0 aliphatic carbocycles. The highest BCUT2D eigenvalue weighted by atomic mass is 32.2. The number of rotatable bonds is 10. The number of imidazole rings is 1. The van der Waals surface area contributed by atoms with Crippen molar-refractivity contribution in [3.8, 4) is 0 Å². The molecule has 0 unspecified atom stereocenters. The minimum absolute atomic E-state index is 0.0782. The van der Waals surface area contributed by atoms with Gasteiger partial charge in [-0.1, -0.05) is 54.6 Å². The third-order valence-electron chi connectivity index (χ3n) is 6.47. The van der Waals surface area contributed by atoms with E-state index in [1.54, 1.807) is 6.20 Å². The van der Waals surface area contributed by atoms with Gasteiger partial charge in [0.1, 0.15) is 0 Å². The fourth-order valence-corrected chi connectivity index (χ4v) is 6.50. The predicted molar refractivity (Wildman–Crippen MR) is 150 cm³/mol. The molecule has 1 aliphatic heterocycles. The first-order valence-electron chi connectivity index (χ1n) is 12.8. The van der Waals surface area contributed by atoms with Crippen LogP contribution in [0.25, 0.3) is 0 Å². The van der Waals surface area contributed by atoms with Gasteiger partial charge >= 0.3 is 0 Å². The van der Waals surface area contributed by atoms with Crippen molar-refractivity contribution in [2.45, 2.75) is 69.8 Å². The molecule has 198 valence electrons. The smallest absolute Gasteiger partial charge is 0.228 e. The van der Waals surface area contributed by atoms with E-state index in [0.29, 0.717) is 24.7 Å². The number of aryl methyl sites for hydroxylation is 1. The van der Waals surface area contributed by atoms with Gasteiger partial charge in [-0.15, -0.1) is 0 Å². The summed E-state index contributed by atoms with van der Waals surface area (Å²) in [6, 6.07) is 17.6. The van der Waals surface area contributed by atoms with Crippen LogP contribution in [0.5, 0.6) is 0 Å². The molecule has 2 heterocycles. The summed E-state index contributed by atoms with van der Waals surface area (Å²) in [6.07, 6.45) is 3.80. The molecule has 1 atom stereocenters. The molecule has 1 saturated heterocycles. The number of hydrogen-bond acceptors (Lipinski definition) is 5. The zero-order valence-corrected chi connectivity index (χ0v) is 23.4. The van der Waals surface area contributed by atoms with E-state index < -0.39 is 9.84 Å². The maximum atomic E-state index is 13.7. The highest BCUT2D eigenvalue weighted by molar-refractivity contribution is 7.90. The predicted octanol–water partition coefficient (Wildman–Crippen LogP) is 4.48. The van der Waals surface area contributed by atoms with E-state index in [1.807, 2.05) is 79.9 Å². The highest BCUT2D eigenvalue weighted by Gasteiger charge is 2.27. The maximum absolute atomic E-state index is 13.7. The van der Waals surface area contributed by atoms with Crippen LogP contribution in [0.3, 0.4) is 0 Å². The van der Waals surface area contributed by atoms with Crippen LogP contribution in [0.4, 0.5) is 0 Å². The molecule has 1 fully saturated rings. The van der Waals surface area contributed by atoms with Gasteiger partial charge in [-0.25, -0.2) is 13.4 Å². The summed E-state index contributed by atoms with van der Waals surface area (Å²) in [5.74, 6) is -0.0993. The van der Waals surface area contributed by atoms with Crippen LogP contribution >= 0.6 is 12.2 Å². The summed E-state index contributed by atoms with van der Waals surface area (Å²) in [7, 11) is -3.70. The van der Waals surface area contributed by atoms with E-state index in [9.17, 15) is 8.42 Å². The Morgan fingerprint density at radius 3 is 2.59 bits per heavy atom. The van der Waals surface area contributed by atoms with Gasteiger partial charge in [-0.2, -0.15) is 0 Å². The number of nitrogens with one attached hydrogen (secondary N) is 1. The first kappa shape index (κ1) is 27.3.